The lowest BCUT2D eigenvalue weighted by molar-refractivity contribution is 0.282. The minimum absolute atomic E-state index is 0.164. The molecule has 3 heteroatoms. The molecule has 1 N–H and O–H groups in total. The maximum absolute atomic E-state index is 13.5. The average Bonchev–Trinajstić information content (AvgIpc) is 2.30. The number of aliphatic hydroxyl groups is 1. The number of hydrogen-bond donors (Lipinski definition) is 1. The molecule has 0 heterocycles. The van der Waals surface area contributed by atoms with Crippen molar-refractivity contribution in [2.75, 3.05) is 0 Å². The third kappa shape index (κ3) is 2.09. The van der Waals surface area contributed by atoms with Gasteiger partial charge in [-0.25, -0.2) is 8.78 Å². The van der Waals surface area contributed by atoms with Crippen LogP contribution in [0.25, 0.3) is 11.1 Å². The van der Waals surface area contributed by atoms with Gasteiger partial charge in [0.1, 0.15) is 11.6 Å². The van der Waals surface area contributed by atoms with E-state index in [1.165, 1.54) is 36.4 Å². The van der Waals surface area contributed by atoms with Gasteiger partial charge in [-0.1, -0.05) is 18.2 Å². The molecule has 0 saturated carbocycles. The minimum Gasteiger partial charge on any atom is -0.392 e. The summed E-state index contributed by atoms with van der Waals surface area (Å²) in [5, 5.41) is 8.96. The van der Waals surface area contributed by atoms with Crippen molar-refractivity contribution in [1.29, 1.82) is 0 Å². The Morgan fingerprint density at radius 1 is 1.00 bits per heavy atom. The zero-order valence-corrected chi connectivity index (χ0v) is 8.45. The molecule has 0 saturated heterocycles. The van der Waals surface area contributed by atoms with Crippen LogP contribution in [0.3, 0.4) is 0 Å². The molecular weight excluding hydrogens is 210 g/mol. The summed E-state index contributed by atoms with van der Waals surface area (Å²) in [7, 11) is 0. The molecule has 0 fully saturated rings. The van der Waals surface area contributed by atoms with Crippen molar-refractivity contribution >= 4 is 0 Å². The second-order valence-electron chi connectivity index (χ2n) is 3.48. The van der Waals surface area contributed by atoms with Gasteiger partial charge < -0.3 is 5.11 Å². The predicted octanol–water partition coefficient (Wildman–Crippen LogP) is 3.12. The first-order valence-electron chi connectivity index (χ1n) is 4.86. The van der Waals surface area contributed by atoms with Gasteiger partial charge in [0.15, 0.2) is 0 Å². The van der Waals surface area contributed by atoms with E-state index in [0.29, 0.717) is 16.7 Å². The number of benzene rings is 2. The van der Waals surface area contributed by atoms with E-state index in [1.54, 1.807) is 6.07 Å². The Morgan fingerprint density at radius 2 is 1.81 bits per heavy atom. The SMILES string of the molecule is OCc1ccc(F)c(-c2cccc(F)c2)c1. The van der Waals surface area contributed by atoms with E-state index in [1.807, 2.05) is 0 Å². The highest BCUT2D eigenvalue weighted by Crippen LogP contribution is 2.24. The van der Waals surface area contributed by atoms with Crippen LogP contribution in [0.15, 0.2) is 42.5 Å². The molecule has 0 bridgehead atoms. The molecule has 0 radical (unpaired) electrons. The summed E-state index contributed by atoms with van der Waals surface area (Å²) < 4.78 is 26.5. The summed E-state index contributed by atoms with van der Waals surface area (Å²) in [6.07, 6.45) is 0. The van der Waals surface area contributed by atoms with Crippen LogP contribution in [-0.4, -0.2) is 5.11 Å². The Morgan fingerprint density at radius 3 is 2.50 bits per heavy atom. The Hall–Kier alpha value is -1.74. The molecule has 16 heavy (non-hydrogen) atoms. The number of rotatable bonds is 2. The van der Waals surface area contributed by atoms with Gasteiger partial charge in [0.2, 0.25) is 0 Å². The van der Waals surface area contributed by atoms with E-state index in [2.05, 4.69) is 0 Å². The van der Waals surface area contributed by atoms with Gasteiger partial charge in [0.05, 0.1) is 6.61 Å². The molecule has 0 aliphatic heterocycles. The van der Waals surface area contributed by atoms with Crippen LogP contribution in [0.1, 0.15) is 5.56 Å². The Bertz CT molecular complexity index is 509. The smallest absolute Gasteiger partial charge is 0.131 e. The van der Waals surface area contributed by atoms with Crippen molar-refractivity contribution in [1.82, 2.24) is 0 Å². The Balaban J connectivity index is 2.54. The second-order valence-corrected chi connectivity index (χ2v) is 3.48. The van der Waals surface area contributed by atoms with Crippen molar-refractivity contribution < 1.29 is 13.9 Å². The van der Waals surface area contributed by atoms with Crippen LogP contribution in [0.2, 0.25) is 0 Å². The lowest BCUT2D eigenvalue weighted by atomic mass is 10.0. The zero-order chi connectivity index (χ0) is 11.5. The van der Waals surface area contributed by atoms with Crippen molar-refractivity contribution in [3.63, 3.8) is 0 Å². The molecule has 2 rings (SSSR count). The molecule has 0 aliphatic carbocycles. The largest absolute Gasteiger partial charge is 0.392 e. The van der Waals surface area contributed by atoms with E-state index in [0.717, 1.165) is 0 Å². The van der Waals surface area contributed by atoms with Crippen LogP contribution in [0.4, 0.5) is 8.78 Å². The first-order chi connectivity index (χ1) is 7.70. The first-order valence-corrected chi connectivity index (χ1v) is 4.86. The van der Waals surface area contributed by atoms with Crippen molar-refractivity contribution in [3.05, 3.63) is 59.7 Å². The summed E-state index contributed by atoms with van der Waals surface area (Å²) >= 11 is 0. The van der Waals surface area contributed by atoms with Gasteiger partial charge in [-0.15, -0.1) is 0 Å². The number of aliphatic hydroxyl groups excluding tert-OH is 1. The van der Waals surface area contributed by atoms with Crippen LogP contribution >= 0.6 is 0 Å². The predicted molar refractivity (Wildman–Crippen MR) is 57.7 cm³/mol. The fraction of sp³-hybridized carbons (Fsp3) is 0.0769. The van der Waals surface area contributed by atoms with Crippen molar-refractivity contribution in [2.24, 2.45) is 0 Å². The Kier molecular flexibility index (Phi) is 2.97. The van der Waals surface area contributed by atoms with E-state index < -0.39 is 11.6 Å². The van der Waals surface area contributed by atoms with E-state index in [9.17, 15) is 8.78 Å². The first kappa shape index (κ1) is 10.8. The van der Waals surface area contributed by atoms with Gasteiger partial charge in [-0.05, 0) is 35.4 Å². The molecule has 0 spiro atoms. The molecule has 82 valence electrons. The zero-order valence-electron chi connectivity index (χ0n) is 8.45. The fourth-order valence-corrected chi connectivity index (χ4v) is 1.55. The van der Waals surface area contributed by atoms with Gasteiger partial charge in [0.25, 0.3) is 0 Å². The third-order valence-electron chi connectivity index (χ3n) is 2.35. The highest BCUT2D eigenvalue weighted by Gasteiger charge is 2.06. The second kappa shape index (κ2) is 4.41. The van der Waals surface area contributed by atoms with E-state index >= 15 is 0 Å². The standard InChI is InChI=1S/C13H10F2O/c14-11-3-1-2-10(7-11)12-6-9(8-16)4-5-13(12)15/h1-7,16H,8H2. The topological polar surface area (TPSA) is 20.2 Å². The summed E-state index contributed by atoms with van der Waals surface area (Å²) in [5.41, 5.74) is 1.36. The highest BCUT2D eigenvalue weighted by molar-refractivity contribution is 5.64. The lowest BCUT2D eigenvalue weighted by Gasteiger charge is -2.05. The molecule has 0 aliphatic rings. The fourth-order valence-electron chi connectivity index (χ4n) is 1.55. The summed E-state index contributed by atoms with van der Waals surface area (Å²) in [6, 6.07) is 10.0. The highest BCUT2D eigenvalue weighted by atomic mass is 19.1. The number of halogens is 2. The summed E-state index contributed by atoms with van der Waals surface area (Å²) in [5.74, 6) is -0.839. The summed E-state index contributed by atoms with van der Waals surface area (Å²) in [6.45, 7) is -0.164. The molecule has 0 aromatic heterocycles. The molecule has 2 aromatic rings. The maximum Gasteiger partial charge on any atom is 0.131 e. The monoisotopic (exact) mass is 220 g/mol. The Labute approximate surface area is 92.0 Å². The van der Waals surface area contributed by atoms with Crippen LogP contribution in [0, 0.1) is 11.6 Å². The lowest BCUT2D eigenvalue weighted by Crippen LogP contribution is -1.89. The summed E-state index contributed by atoms with van der Waals surface area (Å²) in [4.78, 5) is 0. The van der Waals surface area contributed by atoms with Gasteiger partial charge in [0, 0.05) is 5.56 Å². The van der Waals surface area contributed by atoms with Crippen LogP contribution in [0.5, 0.6) is 0 Å². The normalized spacial score (nSPS) is 10.4. The quantitative estimate of drug-likeness (QED) is 0.824. The average molecular weight is 220 g/mol. The molecule has 0 atom stereocenters. The van der Waals surface area contributed by atoms with Crippen LogP contribution < -0.4 is 0 Å². The molecule has 2 aromatic carbocycles. The van der Waals surface area contributed by atoms with E-state index in [4.69, 9.17) is 5.11 Å². The van der Waals surface area contributed by atoms with Gasteiger partial charge in [-0.3, -0.25) is 0 Å². The van der Waals surface area contributed by atoms with E-state index in [-0.39, 0.29) is 6.61 Å². The molecular formula is C13H10F2O. The van der Waals surface area contributed by atoms with Crippen molar-refractivity contribution in [3.8, 4) is 11.1 Å². The number of hydrogen-bond acceptors (Lipinski definition) is 1. The molecule has 1 nitrogen and oxygen atoms in total. The molecule has 0 unspecified atom stereocenters. The minimum atomic E-state index is -0.428. The van der Waals surface area contributed by atoms with Gasteiger partial charge in [-0.2, -0.15) is 0 Å². The van der Waals surface area contributed by atoms with Gasteiger partial charge >= 0.3 is 0 Å². The van der Waals surface area contributed by atoms with Crippen LogP contribution in [-0.2, 0) is 6.61 Å². The third-order valence-corrected chi connectivity index (χ3v) is 2.35. The van der Waals surface area contributed by atoms with Crippen molar-refractivity contribution in [2.45, 2.75) is 6.61 Å². The maximum atomic E-state index is 13.5. The molecule has 0 amide bonds.